The van der Waals surface area contributed by atoms with Gasteiger partial charge in [0.05, 0.1) is 11.5 Å². The zero-order valence-electron chi connectivity index (χ0n) is 15.4. The van der Waals surface area contributed by atoms with Crippen molar-refractivity contribution in [1.29, 1.82) is 0 Å². The Labute approximate surface area is 164 Å². The van der Waals surface area contributed by atoms with Crippen LogP contribution in [0.5, 0.6) is 5.75 Å². The summed E-state index contributed by atoms with van der Waals surface area (Å²) in [7, 11) is -3.75. The Morgan fingerprint density at radius 3 is 2.54 bits per heavy atom. The van der Waals surface area contributed by atoms with Crippen molar-refractivity contribution >= 4 is 27.3 Å². The van der Waals surface area contributed by atoms with E-state index in [9.17, 15) is 8.42 Å². The number of nitrogens with zero attached hydrogens (tertiary/aromatic N) is 3. The van der Waals surface area contributed by atoms with E-state index in [0.717, 1.165) is 18.7 Å². The van der Waals surface area contributed by atoms with E-state index in [1.165, 1.54) is 17.7 Å². The molecule has 0 saturated heterocycles. The number of anilines is 3. The van der Waals surface area contributed by atoms with E-state index in [0.29, 0.717) is 18.2 Å². The van der Waals surface area contributed by atoms with Crippen molar-refractivity contribution in [2.75, 3.05) is 22.8 Å². The fourth-order valence-electron chi connectivity index (χ4n) is 3.18. The first-order valence-corrected chi connectivity index (χ1v) is 10.5. The molecule has 3 aromatic rings. The molecule has 28 heavy (non-hydrogen) atoms. The van der Waals surface area contributed by atoms with E-state index in [4.69, 9.17) is 4.74 Å². The van der Waals surface area contributed by atoms with Gasteiger partial charge in [0.25, 0.3) is 10.0 Å². The Bertz CT molecular complexity index is 1070. The van der Waals surface area contributed by atoms with Gasteiger partial charge in [-0.1, -0.05) is 18.2 Å². The minimum absolute atomic E-state index is 0.135. The standard InChI is InChI=1S/C20H20N4O3S/c1-2-27-16-7-9-17(10-8-16)28(25,26)23-19-11-12-20(22-21-19)24-14-13-15-5-3-4-6-18(15)24/h3-12H,2,13-14H2,1H3,(H,21,23). The van der Waals surface area contributed by atoms with Crippen LogP contribution in [0.2, 0.25) is 0 Å². The molecule has 1 aromatic heterocycles. The summed E-state index contributed by atoms with van der Waals surface area (Å²) in [5, 5.41) is 8.25. The fraction of sp³-hybridized carbons (Fsp3) is 0.200. The zero-order valence-corrected chi connectivity index (χ0v) is 16.2. The summed E-state index contributed by atoms with van der Waals surface area (Å²) in [5.74, 6) is 1.48. The predicted octanol–water partition coefficient (Wildman–Crippen LogP) is 3.37. The van der Waals surface area contributed by atoms with Crippen LogP contribution in [-0.4, -0.2) is 31.8 Å². The molecule has 0 bridgehead atoms. The lowest BCUT2D eigenvalue weighted by Crippen LogP contribution is -2.17. The number of aromatic nitrogens is 2. The van der Waals surface area contributed by atoms with Gasteiger partial charge in [-0.05, 0) is 61.4 Å². The van der Waals surface area contributed by atoms with Crippen LogP contribution in [0.3, 0.4) is 0 Å². The molecule has 2 heterocycles. The molecule has 0 amide bonds. The molecule has 1 aliphatic heterocycles. The molecule has 7 nitrogen and oxygen atoms in total. The van der Waals surface area contributed by atoms with Crippen molar-refractivity contribution in [1.82, 2.24) is 10.2 Å². The highest BCUT2D eigenvalue weighted by Gasteiger charge is 2.21. The average molecular weight is 396 g/mol. The van der Waals surface area contributed by atoms with E-state index >= 15 is 0 Å². The molecule has 1 N–H and O–H groups in total. The monoisotopic (exact) mass is 396 g/mol. The quantitative estimate of drug-likeness (QED) is 0.688. The number of hydrogen-bond donors (Lipinski definition) is 1. The maximum atomic E-state index is 12.5. The van der Waals surface area contributed by atoms with Crippen molar-refractivity contribution in [2.45, 2.75) is 18.2 Å². The van der Waals surface area contributed by atoms with Gasteiger partial charge in [-0.3, -0.25) is 4.72 Å². The number of hydrogen-bond acceptors (Lipinski definition) is 6. The van der Waals surface area contributed by atoms with Crippen LogP contribution in [0.1, 0.15) is 12.5 Å². The summed E-state index contributed by atoms with van der Waals surface area (Å²) < 4.78 is 32.9. The highest BCUT2D eigenvalue weighted by Crippen LogP contribution is 2.33. The van der Waals surface area contributed by atoms with Gasteiger partial charge in [0.2, 0.25) is 0 Å². The maximum absolute atomic E-state index is 12.5. The number of sulfonamides is 1. The van der Waals surface area contributed by atoms with Gasteiger partial charge in [-0.2, -0.15) is 0 Å². The molecule has 0 spiro atoms. The van der Waals surface area contributed by atoms with E-state index in [1.54, 1.807) is 24.3 Å². The average Bonchev–Trinajstić information content (AvgIpc) is 3.13. The summed E-state index contributed by atoms with van der Waals surface area (Å²) in [6.45, 7) is 3.22. The van der Waals surface area contributed by atoms with Crippen LogP contribution in [-0.2, 0) is 16.4 Å². The topological polar surface area (TPSA) is 84.4 Å². The maximum Gasteiger partial charge on any atom is 0.263 e. The minimum Gasteiger partial charge on any atom is -0.494 e. The Hall–Kier alpha value is -3.13. The number of para-hydroxylation sites is 1. The van der Waals surface area contributed by atoms with Crippen LogP contribution in [0.25, 0.3) is 0 Å². The molecule has 0 unspecified atom stereocenters. The smallest absolute Gasteiger partial charge is 0.263 e. The Kier molecular flexibility index (Phi) is 4.87. The normalized spacial score (nSPS) is 13.2. The number of fused-ring (bicyclic) bond motifs is 1. The van der Waals surface area contributed by atoms with Crippen molar-refractivity contribution in [3.05, 3.63) is 66.2 Å². The van der Waals surface area contributed by atoms with Gasteiger partial charge in [-0.15, -0.1) is 10.2 Å². The van der Waals surface area contributed by atoms with Crippen molar-refractivity contribution in [3.8, 4) is 5.75 Å². The van der Waals surface area contributed by atoms with Crippen molar-refractivity contribution < 1.29 is 13.2 Å². The van der Waals surface area contributed by atoms with Gasteiger partial charge < -0.3 is 9.64 Å². The summed E-state index contributed by atoms with van der Waals surface area (Å²) in [5.41, 5.74) is 2.38. The van der Waals surface area contributed by atoms with Gasteiger partial charge >= 0.3 is 0 Å². The molecule has 0 radical (unpaired) electrons. The fourth-order valence-corrected chi connectivity index (χ4v) is 4.17. The van der Waals surface area contributed by atoms with E-state index in [1.807, 2.05) is 25.1 Å². The third-order valence-corrected chi connectivity index (χ3v) is 5.87. The summed E-state index contributed by atoms with van der Waals surface area (Å²) in [6.07, 6.45) is 0.948. The molecular formula is C20H20N4O3S. The molecule has 4 rings (SSSR count). The van der Waals surface area contributed by atoms with E-state index in [-0.39, 0.29) is 10.7 Å². The minimum atomic E-state index is -3.75. The number of nitrogens with one attached hydrogen (secondary N) is 1. The molecule has 144 valence electrons. The first kappa shape index (κ1) is 18.2. The predicted molar refractivity (Wildman–Crippen MR) is 108 cm³/mol. The molecule has 0 fully saturated rings. The second-order valence-corrected chi connectivity index (χ2v) is 8.00. The lowest BCUT2D eigenvalue weighted by Gasteiger charge is -2.17. The molecule has 1 aliphatic rings. The third kappa shape index (κ3) is 3.63. The van der Waals surface area contributed by atoms with Crippen LogP contribution in [0.4, 0.5) is 17.3 Å². The summed E-state index contributed by atoms with van der Waals surface area (Å²) in [4.78, 5) is 2.21. The van der Waals surface area contributed by atoms with Gasteiger partial charge in [-0.25, -0.2) is 8.42 Å². The van der Waals surface area contributed by atoms with Crippen molar-refractivity contribution in [3.63, 3.8) is 0 Å². The summed E-state index contributed by atoms with van der Waals surface area (Å²) in [6, 6.07) is 17.8. The lowest BCUT2D eigenvalue weighted by molar-refractivity contribution is 0.340. The van der Waals surface area contributed by atoms with Crippen LogP contribution >= 0.6 is 0 Å². The van der Waals surface area contributed by atoms with Crippen LogP contribution in [0, 0.1) is 0 Å². The second kappa shape index (κ2) is 7.47. The molecule has 8 heteroatoms. The summed E-state index contributed by atoms with van der Waals surface area (Å²) >= 11 is 0. The van der Waals surface area contributed by atoms with Gasteiger partial charge in [0.1, 0.15) is 5.75 Å². The highest BCUT2D eigenvalue weighted by molar-refractivity contribution is 7.92. The highest BCUT2D eigenvalue weighted by atomic mass is 32.2. The number of benzene rings is 2. The Morgan fingerprint density at radius 1 is 1.04 bits per heavy atom. The van der Waals surface area contributed by atoms with Gasteiger partial charge in [0.15, 0.2) is 11.6 Å². The molecular weight excluding hydrogens is 376 g/mol. The SMILES string of the molecule is CCOc1ccc(S(=O)(=O)Nc2ccc(N3CCc4ccccc43)nn2)cc1. The zero-order chi connectivity index (χ0) is 19.6. The number of ether oxygens (including phenoxy) is 1. The third-order valence-electron chi connectivity index (χ3n) is 4.50. The first-order valence-electron chi connectivity index (χ1n) is 9.02. The van der Waals surface area contributed by atoms with E-state index < -0.39 is 10.0 Å². The number of rotatable bonds is 6. The molecule has 2 aromatic carbocycles. The van der Waals surface area contributed by atoms with Gasteiger partial charge in [0, 0.05) is 12.2 Å². The Morgan fingerprint density at radius 2 is 1.82 bits per heavy atom. The molecule has 0 aliphatic carbocycles. The second-order valence-electron chi connectivity index (χ2n) is 6.32. The van der Waals surface area contributed by atoms with Crippen molar-refractivity contribution in [2.24, 2.45) is 0 Å². The van der Waals surface area contributed by atoms with Crippen LogP contribution in [0.15, 0.2) is 65.6 Å². The first-order chi connectivity index (χ1) is 13.6. The molecule has 0 atom stereocenters. The van der Waals surface area contributed by atoms with Crippen LogP contribution < -0.4 is 14.4 Å². The lowest BCUT2D eigenvalue weighted by atomic mass is 10.2. The Balaban J connectivity index is 1.50. The van der Waals surface area contributed by atoms with E-state index in [2.05, 4.69) is 25.9 Å². The largest absolute Gasteiger partial charge is 0.494 e. The molecule has 0 saturated carbocycles.